The van der Waals surface area contributed by atoms with Crippen LogP contribution < -0.4 is 9.47 Å². The van der Waals surface area contributed by atoms with Crippen LogP contribution in [0.4, 0.5) is 0 Å². The van der Waals surface area contributed by atoms with Crippen molar-refractivity contribution in [3.8, 4) is 23.8 Å². The third kappa shape index (κ3) is 2.24. The smallest absolute Gasteiger partial charge is 0.127 e. The van der Waals surface area contributed by atoms with Crippen molar-refractivity contribution in [2.24, 2.45) is 0 Å². The first-order valence-corrected chi connectivity index (χ1v) is 4.86. The lowest BCUT2D eigenvalue weighted by molar-refractivity contribution is 0.381. The van der Waals surface area contributed by atoms with Crippen LogP contribution in [0.1, 0.15) is 30.9 Å². The molecule has 80 valence electrons. The summed E-state index contributed by atoms with van der Waals surface area (Å²) in [6.07, 6.45) is 5.36. The minimum absolute atomic E-state index is 0.335. The molecule has 0 radical (unpaired) electrons. The van der Waals surface area contributed by atoms with Crippen molar-refractivity contribution in [3.05, 3.63) is 23.3 Å². The first-order chi connectivity index (χ1) is 7.13. The van der Waals surface area contributed by atoms with Gasteiger partial charge in [0.25, 0.3) is 0 Å². The van der Waals surface area contributed by atoms with Gasteiger partial charge < -0.3 is 9.47 Å². The highest BCUT2D eigenvalue weighted by Gasteiger charge is 2.14. The molecule has 0 unspecified atom stereocenters. The molecule has 0 aliphatic carbocycles. The Hall–Kier alpha value is -1.62. The van der Waals surface area contributed by atoms with E-state index >= 15 is 0 Å². The summed E-state index contributed by atoms with van der Waals surface area (Å²) in [6.45, 7) is 4.19. The van der Waals surface area contributed by atoms with Crippen LogP contribution in [0.2, 0.25) is 0 Å². The average molecular weight is 204 g/mol. The van der Waals surface area contributed by atoms with Crippen molar-refractivity contribution in [3.63, 3.8) is 0 Å². The lowest BCUT2D eigenvalue weighted by atomic mass is 9.99. The molecule has 15 heavy (non-hydrogen) atoms. The largest absolute Gasteiger partial charge is 0.496 e. The summed E-state index contributed by atoms with van der Waals surface area (Å²) in [6, 6.07) is 3.72. The lowest BCUT2D eigenvalue weighted by Crippen LogP contribution is -1.99. The van der Waals surface area contributed by atoms with Crippen LogP contribution >= 0.6 is 0 Å². The maximum Gasteiger partial charge on any atom is 0.127 e. The lowest BCUT2D eigenvalue weighted by Gasteiger charge is -2.16. The fourth-order valence-electron chi connectivity index (χ4n) is 1.59. The third-order valence-corrected chi connectivity index (χ3v) is 2.29. The Labute approximate surface area is 91.2 Å². The van der Waals surface area contributed by atoms with Crippen molar-refractivity contribution >= 4 is 0 Å². The van der Waals surface area contributed by atoms with Crippen LogP contribution in [-0.4, -0.2) is 14.2 Å². The second-order valence-corrected chi connectivity index (χ2v) is 3.59. The topological polar surface area (TPSA) is 18.5 Å². The number of hydrogen-bond acceptors (Lipinski definition) is 2. The Balaban J connectivity index is 3.41. The van der Waals surface area contributed by atoms with Gasteiger partial charge in [-0.15, -0.1) is 6.42 Å². The molecule has 1 aromatic carbocycles. The second-order valence-electron chi connectivity index (χ2n) is 3.59. The first-order valence-electron chi connectivity index (χ1n) is 4.86. The van der Waals surface area contributed by atoms with E-state index in [4.69, 9.17) is 15.9 Å². The van der Waals surface area contributed by atoms with Gasteiger partial charge in [0.05, 0.1) is 14.2 Å². The van der Waals surface area contributed by atoms with Crippen LogP contribution in [0.15, 0.2) is 12.1 Å². The van der Waals surface area contributed by atoms with Gasteiger partial charge >= 0.3 is 0 Å². The summed E-state index contributed by atoms with van der Waals surface area (Å²) < 4.78 is 10.6. The first kappa shape index (κ1) is 11.5. The third-order valence-electron chi connectivity index (χ3n) is 2.29. The van der Waals surface area contributed by atoms with E-state index in [0.717, 1.165) is 22.6 Å². The maximum absolute atomic E-state index is 5.36. The van der Waals surface area contributed by atoms with Gasteiger partial charge in [-0.3, -0.25) is 0 Å². The Bertz CT molecular complexity index is 361. The highest BCUT2D eigenvalue weighted by molar-refractivity contribution is 5.53. The molecule has 0 bridgehead atoms. The second kappa shape index (κ2) is 4.75. The van der Waals surface area contributed by atoms with Crippen LogP contribution in [0, 0.1) is 12.3 Å². The van der Waals surface area contributed by atoms with Crippen molar-refractivity contribution in [1.82, 2.24) is 0 Å². The van der Waals surface area contributed by atoms with Crippen molar-refractivity contribution in [2.45, 2.75) is 19.8 Å². The summed E-state index contributed by atoms with van der Waals surface area (Å²) in [5.74, 6) is 4.50. The highest BCUT2D eigenvalue weighted by Crippen LogP contribution is 2.36. The summed E-state index contributed by atoms with van der Waals surface area (Å²) in [4.78, 5) is 0. The minimum Gasteiger partial charge on any atom is -0.496 e. The number of rotatable bonds is 3. The molecule has 0 saturated heterocycles. The molecule has 0 saturated carbocycles. The molecule has 1 rings (SSSR count). The van der Waals surface area contributed by atoms with Crippen molar-refractivity contribution in [1.29, 1.82) is 0 Å². The molecular weight excluding hydrogens is 188 g/mol. The number of ether oxygens (including phenoxy) is 2. The standard InChI is InChI=1S/C13H16O2/c1-6-10-7-11(14-4)13(9(2)3)12(8-10)15-5/h1,7-9H,2-5H3. The van der Waals surface area contributed by atoms with Gasteiger partial charge in [-0.25, -0.2) is 0 Å². The predicted molar refractivity (Wildman–Crippen MR) is 61.6 cm³/mol. The Kier molecular flexibility index (Phi) is 3.62. The molecule has 0 amide bonds. The van der Waals surface area contributed by atoms with Gasteiger partial charge in [0, 0.05) is 11.1 Å². The SMILES string of the molecule is C#Cc1cc(OC)c(C(C)C)c(OC)c1. The molecule has 0 spiro atoms. The zero-order valence-corrected chi connectivity index (χ0v) is 9.63. The number of terminal acetylenes is 1. The van der Waals surface area contributed by atoms with Crippen molar-refractivity contribution < 1.29 is 9.47 Å². The molecular formula is C13H16O2. The van der Waals surface area contributed by atoms with Crippen LogP contribution in [0.25, 0.3) is 0 Å². The minimum atomic E-state index is 0.335. The van der Waals surface area contributed by atoms with Gasteiger partial charge in [-0.05, 0) is 18.1 Å². The Morgan fingerprint density at radius 3 is 1.87 bits per heavy atom. The maximum atomic E-state index is 5.36. The molecule has 0 aliphatic heterocycles. The van der Waals surface area contributed by atoms with Gasteiger partial charge in [-0.1, -0.05) is 19.8 Å². The average Bonchev–Trinajstić information content (AvgIpc) is 2.26. The van der Waals surface area contributed by atoms with E-state index in [0.29, 0.717) is 5.92 Å². The van der Waals surface area contributed by atoms with Gasteiger partial charge in [-0.2, -0.15) is 0 Å². The Morgan fingerprint density at radius 2 is 1.60 bits per heavy atom. The fourth-order valence-corrected chi connectivity index (χ4v) is 1.59. The molecule has 0 heterocycles. The fraction of sp³-hybridized carbons (Fsp3) is 0.385. The summed E-state index contributed by atoms with van der Waals surface area (Å²) in [7, 11) is 3.28. The quantitative estimate of drug-likeness (QED) is 0.705. The van der Waals surface area contributed by atoms with E-state index in [1.165, 1.54) is 0 Å². The van der Waals surface area contributed by atoms with Crippen molar-refractivity contribution in [2.75, 3.05) is 14.2 Å². The Morgan fingerprint density at radius 1 is 1.13 bits per heavy atom. The highest BCUT2D eigenvalue weighted by atomic mass is 16.5. The molecule has 0 aliphatic rings. The summed E-state index contributed by atoms with van der Waals surface area (Å²) in [5.41, 5.74) is 1.83. The zero-order valence-electron chi connectivity index (χ0n) is 9.63. The van der Waals surface area contributed by atoms with Gasteiger partial charge in [0.2, 0.25) is 0 Å². The molecule has 2 heteroatoms. The summed E-state index contributed by atoms with van der Waals surface area (Å²) >= 11 is 0. The monoisotopic (exact) mass is 204 g/mol. The molecule has 2 nitrogen and oxygen atoms in total. The van der Waals surface area contributed by atoms with Crippen LogP contribution in [0.3, 0.4) is 0 Å². The molecule has 0 atom stereocenters. The van der Waals surface area contributed by atoms with E-state index in [1.54, 1.807) is 14.2 Å². The van der Waals surface area contributed by atoms with E-state index in [2.05, 4.69) is 19.8 Å². The van der Waals surface area contributed by atoms with E-state index in [1.807, 2.05) is 12.1 Å². The number of hydrogen-bond donors (Lipinski definition) is 0. The van der Waals surface area contributed by atoms with Gasteiger partial charge in [0.1, 0.15) is 11.5 Å². The van der Waals surface area contributed by atoms with E-state index in [-0.39, 0.29) is 0 Å². The molecule has 1 aromatic rings. The molecule has 0 aromatic heterocycles. The predicted octanol–water partition coefficient (Wildman–Crippen LogP) is 2.81. The zero-order chi connectivity index (χ0) is 11.4. The normalized spacial score (nSPS) is 9.87. The van der Waals surface area contributed by atoms with E-state index < -0.39 is 0 Å². The summed E-state index contributed by atoms with van der Waals surface area (Å²) in [5, 5.41) is 0. The number of benzene rings is 1. The van der Waals surface area contributed by atoms with Crippen LogP contribution in [-0.2, 0) is 0 Å². The van der Waals surface area contributed by atoms with E-state index in [9.17, 15) is 0 Å². The number of methoxy groups -OCH3 is 2. The van der Waals surface area contributed by atoms with Crippen LogP contribution in [0.5, 0.6) is 11.5 Å². The molecule has 0 fully saturated rings. The molecule has 0 N–H and O–H groups in total. The van der Waals surface area contributed by atoms with Gasteiger partial charge in [0.15, 0.2) is 0 Å².